The molecule has 0 spiro atoms. The third kappa shape index (κ3) is 3.09. The minimum Gasteiger partial charge on any atom is -0.478 e. The minimum atomic E-state index is -5.09. The quantitative estimate of drug-likeness (QED) is 0.866. The SMILES string of the molecule is O=C(O)c1ccc2c(c1)nc(C(F)(F)F)n2CC(F)(F)F. The first-order chi connectivity index (χ1) is 9.49. The number of halogens is 6. The number of rotatable bonds is 2. The van der Waals surface area contributed by atoms with Crippen LogP contribution in [0.4, 0.5) is 26.3 Å². The Morgan fingerprint density at radius 2 is 1.81 bits per heavy atom. The summed E-state index contributed by atoms with van der Waals surface area (Å²) in [5.74, 6) is -3.15. The van der Waals surface area contributed by atoms with Gasteiger partial charge < -0.3 is 9.67 Å². The highest BCUT2D eigenvalue weighted by molar-refractivity contribution is 5.92. The van der Waals surface area contributed by atoms with Gasteiger partial charge in [0, 0.05) is 0 Å². The molecule has 0 aliphatic rings. The van der Waals surface area contributed by atoms with Crippen LogP contribution in [0.15, 0.2) is 18.2 Å². The Labute approximate surface area is 112 Å². The fourth-order valence-corrected chi connectivity index (χ4v) is 1.82. The summed E-state index contributed by atoms with van der Waals surface area (Å²) in [5, 5.41) is 8.73. The molecule has 0 bridgehead atoms. The largest absolute Gasteiger partial charge is 0.478 e. The molecule has 4 nitrogen and oxygen atoms in total. The lowest BCUT2D eigenvalue weighted by atomic mass is 10.2. The van der Waals surface area contributed by atoms with E-state index in [2.05, 4.69) is 4.98 Å². The summed E-state index contributed by atoms with van der Waals surface area (Å²) in [4.78, 5) is 13.8. The Bertz CT molecular complexity index is 701. The molecule has 1 aromatic heterocycles. The van der Waals surface area contributed by atoms with Gasteiger partial charge in [-0.15, -0.1) is 0 Å². The van der Waals surface area contributed by atoms with Gasteiger partial charge >= 0.3 is 18.3 Å². The standard InChI is InChI=1S/C11H6F6N2O2/c12-10(13,14)4-19-7-2-1-5(8(20)21)3-6(7)18-9(19)11(15,16)17/h1-3H,4H2,(H,20,21). The second kappa shape index (κ2) is 4.64. The van der Waals surface area contributed by atoms with Crippen LogP contribution in [-0.4, -0.2) is 26.8 Å². The lowest BCUT2D eigenvalue weighted by Gasteiger charge is -2.13. The van der Waals surface area contributed by atoms with Gasteiger partial charge in [0.1, 0.15) is 6.54 Å². The molecule has 0 aliphatic heterocycles. The van der Waals surface area contributed by atoms with Gasteiger partial charge in [0.15, 0.2) is 0 Å². The van der Waals surface area contributed by atoms with E-state index in [0.29, 0.717) is 0 Å². The van der Waals surface area contributed by atoms with Crippen molar-refractivity contribution < 1.29 is 36.2 Å². The number of aromatic nitrogens is 2. The van der Waals surface area contributed by atoms with Crippen LogP contribution in [0, 0.1) is 0 Å². The van der Waals surface area contributed by atoms with Crippen LogP contribution in [0.1, 0.15) is 16.2 Å². The minimum absolute atomic E-state index is 0.0268. The fourth-order valence-electron chi connectivity index (χ4n) is 1.82. The first-order valence-electron chi connectivity index (χ1n) is 5.36. The van der Waals surface area contributed by atoms with E-state index in [-0.39, 0.29) is 10.1 Å². The predicted octanol–water partition coefficient (Wildman–Crippen LogP) is 3.32. The van der Waals surface area contributed by atoms with Gasteiger partial charge in [-0.3, -0.25) is 0 Å². The third-order valence-corrected chi connectivity index (χ3v) is 2.59. The van der Waals surface area contributed by atoms with Crippen molar-refractivity contribution in [2.75, 3.05) is 0 Å². The molecule has 1 N–H and O–H groups in total. The normalized spacial score (nSPS) is 12.9. The van der Waals surface area contributed by atoms with Crippen LogP contribution < -0.4 is 0 Å². The molecule has 0 saturated carbocycles. The summed E-state index contributed by atoms with van der Waals surface area (Å²) in [6.45, 7) is -1.87. The van der Waals surface area contributed by atoms with Crippen LogP contribution in [0.5, 0.6) is 0 Å². The number of benzene rings is 1. The molecule has 10 heteroatoms. The molecule has 0 unspecified atom stereocenters. The topological polar surface area (TPSA) is 55.1 Å². The maximum Gasteiger partial charge on any atom is 0.449 e. The zero-order valence-corrected chi connectivity index (χ0v) is 9.96. The highest BCUT2D eigenvalue weighted by Gasteiger charge is 2.40. The van der Waals surface area contributed by atoms with Gasteiger partial charge in [0.2, 0.25) is 5.82 Å². The first-order valence-corrected chi connectivity index (χ1v) is 5.36. The lowest BCUT2D eigenvalue weighted by molar-refractivity contribution is -0.160. The van der Waals surface area contributed by atoms with Crippen molar-refractivity contribution >= 4 is 17.0 Å². The first kappa shape index (κ1) is 15.1. The Hall–Kier alpha value is -2.26. The van der Waals surface area contributed by atoms with Crippen LogP contribution in [0.2, 0.25) is 0 Å². The smallest absolute Gasteiger partial charge is 0.449 e. The number of hydrogen-bond acceptors (Lipinski definition) is 2. The van der Waals surface area contributed by atoms with Crippen molar-refractivity contribution in [3.8, 4) is 0 Å². The highest BCUT2D eigenvalue weighted by Crippen LogP contribution is 2.33. The van der Waals surface area contributed by atoms with Gasteiger partial charge in [0.25, 0.3) is 0 Å². The van der Waals surface area contributed by atoms with Crippen molar-refractivity contribution in [1.29, 1.82) is 0 Å². The Kier molecular flexibility index (Phi) is 3.34. The highest BCUT2D eigenvalue weighted by atomic mass is 19.4. The Morgan fingerprint density at radius 1 is 1.19 bits per heavy atom. The number of aromatic carboxylic acids is 1. The van der Waals surface area contributed by atoms with E-state index in [1.165, 1.54) is 0 Å². The number of imidazole rings is 1. The molecule has 0 saturated heterocycles. The molecule has 0 fully saturated rings. The van der Waals surface area contributed by atoms with E-state index in [0.717, 1.165) is 18.2 Å². The van der Waals surface area contributed by atoms with Crippen LogP contribution in [0.3, 0.4) is 0 Å². The summed E-state index contributed by atoms with van der Waals surface area (Å²) in [7, 11) is 0. The summed E-state index contributed by atoms with van der Waals surface area (Å²) in [5.41, 5.74) is -1.27. The van der Waals surface area contributed by atoms with E-state index in [1.54, 1.807) is 0 Å². The van der Waals surface area contributed by atoms with E-state index in [1.807, 2.05) is 0 Å². The molecule has 0 radical (unpaired) electrons. The number of fused-ring (bicyclic) bond motifs is 1. The number of carboxylic acid groups (broad SMARTS) is 1. The molecule has 1 aromatic carbocycles. The van der Waals surface area contributed by atoms with Gasteiger partial charge in [-0.1, -0.05) is 0 Å². The summed E-state index contributed by atoms with van der Waals surface area (Å²) >= 11 is 0. The fraction of sp³-hybridized carbons (Fsp3) is 0.273. The summed E-state index contributed by atoms with van der Waals surface area (Å²) in [6, 6.07) is 2.58. The molecule has 1 heterocycles. The molecule has 21 heavy (non-hydrogen) atoms. The third-order valence-electron chi connectivity index (χ3n) is 2.59. The van der Waals surface area contributed by atoms with Gasteiger partial charge in [-0.25, -0.2) is 9.78 Å². The van der Waals surface area contributed by atoms with E-state index < -0.39 is 41.7 Å². The van der Waals surface area contributed by atoms with Crippen LogP contribution >= 0.6 is 0 Å². The van der Waals surface area contributed by atoms with Crippen molar-refractivity contribution in [2.24, 2.45) is 0 Å². The van der Waals surface area contributed by atoms with E-state index in [9.17, 15) is 31.1 Å². The average Bonchev–Trinajstić information content (AvgIpc) is 2.65. The van der Waals surface area contributed by atoms with Crippen molar-refractivity contribution in [3.63, 3.8) is 0 Å². The Balaban J connectivity index is 2.70. The van der Waals surface area contributed by atoms with Crippen molar-refractivity contribution in [2.45, 2.75) is 18.9 Å². The zero-order chi connectivity index (χ0) is 16.0. The predicted molar refractivity (Wildman–Crippen MR) is 57.7 cm³/mol. The van der Waals surface area contributed by atoms with Gasteiger partial charge in [-0.2, -0.15) is 26.3 Å². The molecule has 2 aromatic rings. The number of alkyl halides is 6. The van der Waals surface area contributed by atoms with Crippen molar-refractivity contribution in [3.05, 3.63) is 29.6 Å². The van der Waals surface area contributed by atoms with Gasteiger partial charge in [0.05, 0.1) is 16.6 Å². The molecule has 114 valence electrons. The second-order valence-corrected chi connectivity index (χ2v) is 4.14. The second-order valence-electron chi connectivity index (χ2n) is 4.14. The van der Waals surface area contributed by atoms with Crippen LogP contribution in [-0.2, 0) is 12.7 Å². The number of hydrogen-bond donors (Lipinski definition) is 1. The monoisotopic (exact) mass is 312 g/mol. The Morgan fingerprint density at radius 3 is 2.29 bits per heavy atom. The average molecular weight is 312 g/mol. The number of nitrogens with zero attached hydrogens (tertiary/aromatic N) is 2. The van der Waals surface area contributed by atoms with Crippen molar-refractivity contribution in [1.82, 2.24) is 9.55 Å². The maximum absolute atomic E-state index is 12.8. The molecule has 2 rings (SSSR count). The molecular weight excluding hydrogens is 306 g/mol. The summed E-state index contributed by atoms with van der Waals surface area (Å²) in [6.07, 6.45) is -9.97. The number of carbonyl (C=O) groups is 1. The van der Waals surface area contributed by atoms with Crippen LogP contribution in [0.25, 0.3) is 11.0 Å². The molecular formula is C11H6F6N2O2. The van der Waals surface area contributed by atoms with E-state index in [4.69, 9.17) is 5.11 Å². The summed E-state index contributed by atoms with van der Waals surface area (Å²) < 4.78 is 75.5. The van der Waals surface area contributed by atoms with Gasteiger partial charge in [-0.05, 0) is 18.2 Å². The zero-order valence-electron chi connectivity index (χ0n) is 9.96. The number of carboxylic acids is 1. The molecule has 0 amide bonds. The molecule has 0 aliphatic carbocycles. The maximum atomic E-state index is 12.8. The van der Waals surface area contributed by atoms with E-state index >= 15 is 0 Å². The molecule has 0 atom stereocenters. The lowest BCUT2D eigenvalue weighted by Crippen LogP contribution is -2.23.